The molecule has 0 bridgehead atoms. The summed E-state index contributed by atoms with van der Waals surface area (Å²) in [5.41, 5.74) is 1.16. The van der Waals surface area contributed by atoms with E-state index in [1.54, 1.807) is 15.7 Å². The Hall–Kier alpha value is -3.42. The number of pyridine rings is 1. The number of aryl methyl sites for hydroxylation is 2. The van der Waals surface area contributed by atoms with Crippen molar-refractivity contribution in [3.8, 4) is 0 Å². The Kier molecular flexibility index (Phi) is 5.86. The zero-order valence-electron chi connectivity index (χ0n) is 18.3. The van der Waals surface area contributed by atoms with Gasteiger partial charge in [0.25, 0.3) is 11.5 Å². The van der Waals surface area contributed by atoms with Gasteiger partial charge in [-0.05, 0) is 42.4 Å². The van der Waals surface area contributed by atoms with E-state index in [-0.39, 0.29) is 17.0 Å². The standard InChI is InChI=1S/C24H27N3O5/c1-16(28)26-13-9-19-18(14-26)15-27(12-8-17-6-4-3-5-7-17)22(30)20(19)21(29)25-24(10-11-24)23(31)32-2/h3-7,15H,8-14H2,1-2H3,(H,25,29). The predicted molar refractivity (Wildman–Crippen MR) is 117 cm³/mol. The van der Waals surface area contributed by atoms with E-state index in [2.05, 4.69) is 5.32 Å². The molecule has 0 spiro atoms. The predicted octanol–water partition coefficient (Wildman–Crippen LogP) is 1.43. The Labute approximate surface area is 186 Å². The van der Waals surface area contributed by atoms with Crippen LogP contribution in [-0.4, -0.2) is 46.4 Å². The molecule has 32 heavy (non-hydrogen) atoms. The lowest BCUT2D eigenvalue weighted by atomic mass is 9.95. The van der Waals surface area contributed by atoms with Crippen molar-refractivity contribution < 1.29 is 19.1 Å². The molecule has 1 fully saturated rings. The van der Waals surface area contributed by atoms with E-state index in [0.29, 0.717) is 50.9 Å². The van der Waals surface area contributed by atoms with Crippen LogP contribution in [-0.2, 0) is 40.3 Å². The van der Waals surface area contributed by atoms with Crippen LogP contribution in [0.5, 0.6) is 0 Å². The van der Waals surface area contributed by atoms with Crippen LogP contribution in [0.4, 0.5) is 0 Å². The minimum atomic E-state index is -1.05. The summed E-state index contributed by atoms with van der Waals surface area (Å²) < 4.78 is 6.37. The van der Waals surface area contributed by atoms with Crippen LogP contribution in [0.25, 0.3) is 0 Å². The van der Waals surface area contributed by atoms with Gasteiger partial charge in [-0.15, -0.1) is 0 Å². The quantitative estimate of drug-likeness (QED) is 0.690. The van der Waals surface area contributed by atoms with Crippen LogP contribution in [0.15, 0.2) is 41.3 Å². The van der Waals surface area contributed by atoms with Crippen LogP contribution in [0.3, 0.4) is 0 Å². The maximum atomic E-state index is 13.4. The van der Waals surface area contributed by atoms with Crippen molar-refractivity contribution >= 4 is 17.8 Å². The fourth-order valence-electron chi connectivity index (χ4n) is 4.25. The molecular weight excluding hydrogens is 410 g/mol. The minimum Gasteiger partial charge on any atom is -0.467 e. The van der Waals surface area contributed by atoms with Crippen molar-refractivity contribution in [1.82, 2.24) is 14.8 Å². The number of esters is 1. The van der Waals surface area contributed by atoms with Gasteiger partial charge in [0.2, 0.25) is 5.91 Å². The summed E-state index contributed by atoms with van der Waals surface area (Å²) in [6, 6.07) is 9.79. The molecule has 0 unspecified atom stereocenters. The van der Waals surface area contributed by atoms with Gasteiger partial charge in [-0.2, -0.15) is 0 Å². The van der Waals surface area contributed by atoms with Crippen LogP contribution in [0, 0.1) is 0 Å². The van der Waals surface area contributed by atoms with Crippen molar-refractivity contribution in [3.05, 3.63) is 69.1 Å². The van der Waals surface area contributed by atoms with E-state index >= 15 is 0 Å². The van der Waals surface area contributed by atoms with E-state index in [9.17, 15) is 19.2 Å². The number of rotatable bonds is 6. The normalized spacial score (nSPS) is 16.1. The molecule has 1 saturated carbocycles. The number of aromatic nitrogens is 1. The van der Waals surface area contributed by atoms with Crippen LogP contribution >= 0.6 is 0 Å². The highest BCUT2D eigenvalue weighted by Gasteiger charge is 2.53. The van der Waals surface area contributed by atoms with Crippen molar-refractivity contribution in [3.63, 3.8) is 0 Å². The Bertz CT molecular complexity index is 1120. The van der Waals surface area contributed by atoms with Crippen LogP contribution in [0.2, 0.25) is 0 Å². The fraction of sp³-hybridized carbons (Fsp3) is 0.417. The SMILES string of the molecule is COC(=O)C1(NC(=O)c2c3c(cn(CCc4ccccc4)c2=O)CN(C(C)=O)CC3)CC1. The average Bonchev–Trinajstić information content (AvgIpc) is 3.57. The third-order valence-corrected chi connectivity index (χ3v) is 6.30. The first-order chi connectivity index (χ1) is 15.3. The summed E-state index contributed by atoms with van der Waals surface area (Å²) in [5, 5.41) is 2.75. The highest BCUT2D eigenvalue weighted by molar-refractivity contribution is 6.00. The molecule has 0 saturated heterocycles. The topological polar surface area (TPSA) is 97.7 Å². The third kappa shape index (κ3) is 4.17. The minimum absolute atomic E-state index is 0.0497. The number of hydrogen-bond acceptors (Lipinski definition) is 5. The van der Waals surface area contributed by atoms with E-state index in [4.69, 9.17) is 4.74 Å². The molecule has 1 N–H and O–H groups in total. The zero-order chi connectivity index (χ0) is 22.9. The van der Waals surface area contributed by atoms with Crippen molar-refractivity contribution in [2.24, 2.45) is 0 Å². The number of hydrogen-bond donors (Lipinski definition) is 1. The Morgan fingerprint density at radius 1 is 1.16 bits per heavy atom. The Balaban J connectivity index is 1.69. The van der Waals surface area contributed by atoms with Crippen LogP contribution < -0.4 is 10.9 Å². The van der Waals surface area contributed by atoms with Gasteiger partial charge in [0.05, 0.1) is 7.11 Å². The highest BCUT2D eigenvalue weighted by Crippen LogP contribution is 2.37. The molecule has 1 aliphatic heterocycles. The largest absolute Gasteiger partial charge is 0.467 e. The molecule has 1 aromatic carbocycles. The fourth-order valence-corrected chi connectivity index (χ4v) is 4.25. The first-order valence-corrected chi connectivity index (χ1v) is 10.8. The molecule has 0 atom stereocenters. The van der Waals surface area contributed by atoms with Gasteiger partial charge in [-0.25, -0.2) is 4.79 Å². The van der Waals surface area contributed by atoms with Gasteiger partial charge >= 0.3 is 5.97 Å². The molecular formula is C24H27N3O5. The number of ether oxygens (including phenoxy) is 1. The molecule has 2 heterocycles. The summed E-state index contributed by atoms with van der Waals surface area (Å²) in [6.07, 6.45) is 3.78. The van der Waals surface area contributed by atoms with Crippen LogP contribution in [0.1, 0.15) is 46.8 Å². The van der Waals surface area contributed by atoms with Crippen molar-refractivity contribution in [2.45, 2.75) is 51.2 Å². The van der Waals surface area contributed by atoms with Crippen molar-refractivity contribution in [2.75, 3.05) is 13.7 Å². The maximum Gasteiger partial charge on any atom is 0.331 e. The molecule has 2 amide bonds. The van der Waals surface area contributed by atoms with E-state index in [1.807, 2.05) is 30.3 Å². The second-order valence-corrected chi connectivity index (χ2v) is 8.46. The first kappa shape index (κ1) is 21.8. The lowest BCUT2D eigenvalue weighted by molar-refractivity contribution is -0.144. The molecule has 168 valence electrons. The highest BCUT2D eigenvalue weighted by atomic mass is 16.5. The lowest BCUT2D eigenvalue weighted by Crippen LogP contribution is -2.47. The van der Waals surface area contributed by atoms with E-state index in [0.717, 1.165) is 11.1 Å². The number of carbonyl (C=O) groups excluding carboxylic acids is 3. The summed E-state index contributed by atoms with van der Waals surface area (Å²) in [6.45, 7) is 2.70. The summed E-state index contributed by atoms with van der Waals surface area (Å²) in [4.78, 5) is 52.4. The molecule has 2 aliphatic rings. The second-order valence-electron chi connectivity index (χ2n) is 8.46. The molecule has 1 aromatic heterocycles. The monoisotopic (exact) mass is 437 g/mol. The first-order valence-electron chi connectivity index (χ1n) is 10.8. The van der Waals surface area contributed by atoms with Gasteiger partial charge < -0.3 is 19.5 Å². The molecule has 8 nitrogen and oxygen atoms in total. The molecule has 0 radical (unpaired) electrons. The molecule has 1 aliphatic carbocycles. The van der Waals surface area contributed by atoms with E-state index < -0.39 is 17.4 Å². The number of nitrogens with zero attached hydrogens (tertiary/aromatic N) is 2. The Morgan fingerprint density at radius 3 is 2.50 bits per heavy atom. The number of nitrogens with one attached hydrogen (secondary N) is 1. The van der Waals surface area contributed by atoms with Gasteiger partial charge in [-0.1, -0.05) is 30.3 Å². The molecule has 2 aromatic rings. The summed E-state index contributed by atoms with van der Waals surface area (Å²) in [7, 11) is 1.28. The number of amides is 2. The van der Waals surface area contributed by atoms with E-state index in [1.165, 1.54) is 14.0 Å². The third-order valence-electron chi connectivity index (χ3n) is 6.30. The van der Waals surface area contributed by atoms with Gasteiger partial charge in [-0.3, -0.25) is 14.4 Å². The molecule has 8 heteroatoms. The van der Waals surface area contributed by atoms with Gasteiger partial charge in [0.1, 0.15) is 11.1 Å². The Morgan fingerprint density at radius 2 is 1.88 bits per heavy atom. The average molecular weight is 437 g/mol. The maximum absolute atomic E-state index is 13.4. The van der Waals surface area contributed by atoms with Gasteiger partial charge in [0.15, 0.2) is 0 Å². The summed E-state index contributed by atoms with van der Waals surface area (Å²) in [5.74, 6) is -1.10. The number of methoxy groups -OCH3 is 1. The number of fused-ring (bicyclic) bond motifs is 1. The number of carbonyl (C=O) groups is 3. The second kappa shape index (κ2) is 8.61. The molecule has 4 rings (SSSR count). The summed E-state index contributed by atoms with van der Waals surface area (Å²) >= 11 is 0. The van der Waals surface area contributed by atoms with Gasteiger partial charge in [0, 0.05) is 32.8 Å². The number of benzene rings is 1. The lowest BCUT2D eigenvalue weighted by Gasteiger charge is -2.30. The zero-order valence-corrected chi connectivity index (χ0v) is 18.3. The smallest absolute Gasteiger partial charge is 0.331 e. The van der Waals surface area contributed by atoms with Crippen molar-refractivity contribution in [1.29, 1.82) is 0 Å².